The summed E-state index contributed by atoms with van der Waals surface area (Å²) < 4.78 is 10.5. The van der Waals surface area contributed by atoms with Gasteiger partial charge in [-0.05, 0) is 29.7 Å². The number of allylic oxidation sites excluding steroid dienone is 1. The molecule has 1 atom stereocenters. The molecule has 0 aliphatic heterocycles. The fraction of sp³-hybridized carbons (Fsp3) is 0.818. The second-order valence-electron chi connectivity index (χ2n) is 5.57. The smallest absolute Gasteiger partial charge is 0.0714 e. The van der Waals surface area contributed by atoms with E-state index in [1.807, 2.05) is 5.82 Å². The first-order chi connectivity index (χ1) is 5.69. The molecule has 0 aromatic rings. The third-order valence-corrected chi connectivity index (χ3v) is 2.87. The van der Waals surface area contributed by atoms with E-state index in [0.29, 0.717) is 5.41 Å². The van der Waals surface area contributed by atoms with Gasteiger partial charge in [-0.25, -0.2) is 0 Å². The summed E-state index contributed by atoms with van der Waals surface area (Å²) in [6.07, 6.45) is 1.12. The molecular weight excluding hydrogens is 179 g/mol. The lowest BCUT2D eigenvalue weighted by atomic mass is 9.73. The van der Waals surface area contributed by atoms with Crippen molar-refractivity contribution in [3.05, 3.63) is 11.4 Å². The first kappa shape index (κ1) is 12.8. The zero-order valence-electron chi connectivity index (χ0n) is 9.69. The molecule has 0 amide bonds. The summed E-state index contributed by atoms with van der Waals surface area (Å²) in [5.74, 6) is 1.83. The van der Waals surface area contributed by atoms with Crippen molar-refractivity contribution in [3.63, 3.8) is 0 Å². The molecule has 0 radical (unpaired) electrons. The number of hydrogen-bond acceptors (Lipinski definition) is 1. The molecule has 0 saturated heterocycles. The summed E-state index contributed by atoms with van der Waals surface area (Å²) in [5, 5.41) is 0. The first-order valence-electron chi connectivity index (χ1n) is 4.74. The van der Waals surface area contributed by atoms with E-state index in [9.17, 15) is 4.57 Å². The van der Waals surface area contributed by atoms with Crippen LogP contribution < -0.4 is 0 Å². The highest BCUT2D eigenvalue weighted by Gasteiger charge is 2.27. The molecule has 0 rings (SSSR count). The summed E-state index contributed by atoms with van der Waals surface area (Å²) >= 11 is 0. The Morgan fingerprint density at radius 2 is 1.69 bits per heavy atom. The molecule has 0 aliphatic carbocycles. The molecular formula is C11H22OP+. The minimum Gasteiger partial charge on any atom is -0.0714 e. The van der Waals surface area contributed by atoms with Crippen molar-refractivity contribution in [2.24, 2.45) is 10.8 Å². The Kier molecular flexibility index (Phi) is 4.32. The van der Waals surface area contributed by atoms with Crippen LogP contribution >= 0.6 is 8.46 Å². The summed E-state index contributed by atoms with van der Waals surface area (Å²) in [6.45, 7) is 13.2. The lowest BCUT2D eigenvalue weighted by Crippen LogP contribution is -2.21. The third kappa shape index (κ3) is 5.21. The van der Waals surface area contributed by atoms with Crippen LogP contribution in [-0.4, -0.2) is 0 Å². The van der Waals surface area contributed by atoms with Gasteiger partial charge in [0.15, 0.2) is 5.82 Å². The average Bonchev–Trinajstić information content (AvgIpc) is 1.82. The molecule has 0 saturated carbocycles. The van der Waals surface area contributed by atoms with E-state index < -0.39 is 0 Å². The van der Waals surface area contributed by atoms with Crippen molar-refractivity contribution in [2.45, 2.75) is 48.0 Å². The Hall–Kier alpha value is -0.160. The molecule has 13 heavy (non-hydrogen) atoms. The lowest BCUT2D eigenvalue weighted by Gasteiger charge is -2.32. The van der Waals surface area contributed by atoms with Crippen molar-refractivity contribution in [1.29, 1.82) is 0 Å². The van der Waals surface area contributed by atoms with E-state index in [1.54, 1.807) is 0 Å². The minimum atomic E-state index is -0.314. The van der Waals surface area contributed by atoms with E-state index in [2.05, 4.69) is 41.5 Å². The van der Waals surface area contributed by atoms with Gasteiger partial charge in [-0.3, -0.25) is 0 Å². The quantitative estimate of drug-likeness (QED) is 0.619. The molecule has 1 nitrogen and oxygen atoms in total. The maximum Gasteiger partial charge on any atom is 0.355 e. The highest BCUT2D eigenvalue weighted by atomic mass is 31.1. The Labute approximate surface area is 83.8 Å². The summed E-state index contributed by atoms with van der Waals surface area (Å²) in [5.41, 5.74) is 1.72. The predicted molar refractivity (Wildman–Crippen MR) is 60.6 cm³/mol. The maximum absolute atomic E-state index is 10.5. The Bertz CT molecular complexity index is 209. The van der Waals surface area contributed by atoms with Gasteiger partial charge in [0, 0.05) is 0 Å². The van der Waals surface area contributed by atoms with Gasteiger partial charge in [0.25, 0.3) is 0 Å². The van der Waals surface area contributed by atoms with Crippen LogP contribution in [0.25, 0.3) is 0 Å². The normalized spacial score (nSPS) is 15.1. The van der Waals surface area contributed by atoms with Gasteiger partial charge in [0.1, 0.15) is 0 Å². The summed E-state index contributed by atoms with van der Waals surface area (Å²) in [4.78, 5) is 0. The Morgan fingerprint density at radius 1 is 1.23 bits per heavy atom. The molecule has 76 valence electrons. The Morgan fingerprint density at radius 3 is 2.00 bits per heavy atom. The molecule has 0 aliphatic rings. The van der Waals surface area contributed by atoms with Gasteiger partial charge >= 0.3 is 8.46 Å². The van der Waals surface area contributed by atoms with Crippen molar-refractivity contribution in [2.75, 3.05) is 0 Å². The van der Waals surface area contributed by atoms with E-state index in [-0.39, 0.29) is 13.9 Å². The van der Waals surface area contributed by atoms with Crippen molar-refractivity contribution in [1.82, 2.24) is 0 Å². The van der Waals surface area contributed by atoms with Crippen molar-refractivity contribution >= 4 is 8.46 Å². The molecule has 0 aromatic carbocycles. The summed E-state index contributed by atoms with van der Waals surface area (Å²) in [7, 11) is -0.314. The Balaban J connectivity index is 4.57. The molecule has 0 bridgehead atoms. The van der Waals surface area contributed by atoms with E-state index in [0.717, 1.165) is 6.42 Å². The van der Waals surface area contributed by atoms with Gasteiger partial charge in [-0.15, -0.1) is 0 Å². The SMILES string of the molecule is CC(=C[PH+]=O)C(C)(C)CC(C)(C)C. The first-order valence-corrected chi connectivity index (χ1v) is 5.72. The van der Waals surface area contributed by atoms with Crippen LogP contribution in [0.15, 0.2) is 11.4 Å². The van der Waals surface area contributed by atoms with Crippen LogP contribution in [0.4, 0.5) is 0 Å². The predicted octanol–water partition coefficient (Wildman–Crippen LogP) is 4.38. The second kappa shape index (κ2) is 4.37. The van der Waals surface area contributed by atoms with Crippen molar-refractivity contribution < 1.29 is 4.57 Å². The zero-order valence-corrected chi connectivity index (χ0v) is 10.7. The van der Waals surface area contributed by atoms with Crippen molar-refractivity contribution in [3.8, 4) is 0 Å². The number of hydrogen-bond donors (Lipinski definition) is 0. The van der Waals surface area contributed by atoms with Gasteiger partial charge in [0.05, 0.1) is 0 Å². The minimum absolute atomic E-state index is 0.162. The van der Waals surface area contributed by atoms with Gasteiger partial charge in [0.2, 0.25) is 0 Å². The number of rotatable bonds is 3. The van der Waals surface area contributed by atoms with Crippen LogP contribution in [0.1, 0.15) is 48.0 Å². The topological polar surface area (TPSA) is 17.1 Å². The molecule has 0 spiro atoms. The average molecular weight is 201 g/mol. The van der Waals surface area contributed by atoms with Gasteiger partial charge in [-0.2, -0.15) is 0 Å². The largest absolute Gasteiger partial charge is 0.355 e. The fourth-order valence-electron chi connectivity index (χ4n) is 1.75. The van der Waals surface area contributed by atoms with Crippen LogP contribution in [0.5, 0.6) is 0 Å². The third-order valence-electron chi connectivity index (χ3n) is 2.32. The zero-order chi connectivity index (χ0) is 10.7. The molecule has 1 unspecified atom stereocenters. The second-order valence-corrected chi connectivity index (χ2v) is 6.09. The fourth-order valence-corrected chi connectivity index (χ4v) is 2.32. The van der Waals surface area contributed by atoms with Gasteiger partial charge in [-0.1, -0.05) is 39.2 Å². The molecule has 0 fully saturated rings. The monoisotopic (exact) mass is 201 g/mol. The van der Waals surface area contributed by atoms with Crippen LogP contribution in [0.2, 0.25) is 0 Å². The van der Waals surface area contributed by atoms with E-state index in [1.165, 1.54) is 5.57 Å². The molecule has 0 heterocycles. The highest BCUT2D eigenvalue weighted by Crippen LogP contribution is 2.39. The lowest BCUT2D eigenvalue weighted by molar-refractivity contribution is 0.250. The van der Waals surface area contributed by atoms with Crippen LogP contribution in [-0.2, 0) is 4.57 Å². The van der Waals surface area contributed by atoms with Crippen LogP contribution in [0, 0.1) is 10.8 Å². The molecule has 0 aromatic heterocycles. The van der Waals surface area contributed by atoms with Gasteiger partial charge < -0.3 is 0 Å². The highest BCUT2D eigenvalue weighted by molar-refractivity contribution is 7.27. The molecule has 0 N–H and O–H groups in total. The van der Waals surface area contributed by atoms with E-state index >= 15 is 0 Å². The molecule has 2 heteroatoms. The standard InChI is InChI=1S/C11H21OP/c1-9(7-13-12)11(5,6)8-10(2,3)4/h7H,8H2,1-6H3/p+1. The summed E-state index contributed by atoms with van der Waals surface area (Å²) in [6, 6.07) is 0. The van der Waals surface area contributed by atoms with E-state index in [4.69, 9.17) is 0 Å². The maximum atomic E-state index is 10.5. The van der Waals surface area contributed by atoms with Crippen LogP contribution in [0.3, 0.4) is 0 Å².